The zero-order valence-corrected chi connectivity index (χ0v) is 15.6. The van der Waals surface area contributed by atoms with Gasteiger partial charge < -0.3 is 9.50 Å². The Kier molecular flexibility index (Phi) is 5.28. The number of rotatable bonds is 6. The van der Waals surface area contributed by atoms with Crippen LogP contribution in [0.5, 0.6) is 5.75 Å². The molecule has 0 heterocycles. The van der Waals surface area contributed by atoms with Crippen molar-refractivity contribution in [3.63, 3.8) is 0 Å². The standard InChI is InChI=1S/C21H21NO3S/c1-16-11-13-19(14-12-16)26(23,24)25-21-10-6-4-8-18(21)15-22-20-9-5-3-7-17(20)2/h3-14,22H,15H2,1-2H3. The van der Waals surface area contributed by atoms with Gasteiger partial charge in [-0.25, -0.2) is 0 Å². The van der Waals surface area contributed by atoms with Crippen molar-refractivity contribution in [3.05, 3.63) is 89.5 Å². The van der Waals surface area contributed by atoms with Gasteiger partial charge in [-0.1, -0.05) is 54.1 Å². The van der Waals surface area contributed by atoms with Gasteiger partial charge in [-0.15, -0.1) is 0 Å². The maximum Gasteiger partial charge on any atom is 0.339 e. The van der Waals surface area contributed by atoms with Gasteiger partial charge in [0.25, 0.3) is 0 Å². The second-order valence-electron chi connectivity index (χ2n) is 6.13. The van der Waals surface area contributed by atoms with Gasteiger partial charge in [0.1, 0.15) is 10.6 Å². The van der Waals surface area contributed by atoms with E-state index in [-0.39, 0.29) is 4.90 Å². The van der Waals surface area contributed by atoms with Crippen molar-refractivity contribution in [1.82, 2.24) is 0 Å². The van der Waals surface area contributed by atoms with Crippen LogP contribution >= 0.6 is 0 Å². The molecule has 134 valence electrons. The molecule has 0 fully saturated rings. The fourth-order valence-electron chi connectivity index (χ4n) is 2.56. The van der Waals surface area contributed by atoms with Crippen molar-refractivity contribution < 1.29 is 12.6 Å². The number of anilines is 1. The molecule has 3 aromatic rings. The van der Waals surface area contributed by atoms with Gasteiger partial charge >= 0.3 is 10.1 Å². The highest BCUT2D eigenvalue weighted by molar-refractivity contribution is 7.87. The van der Waals surface area contributed by atoms with E-state index in [1.54, 1.807) is 36.4 Å². The summed E-state index contributed by atoms with van der Waals surface area (Å²) in [7, 11) is -3.87. The maximum absolute atomic E-state index is 12.6. The van der Waals surface area contributed by atoms with E-state index in [1.807, 2.05) is 50.2 Å². The summed E-state index contributed by atoms with van der Waals surface area (Å²) in [5.74, 6) is 0.328. The van der Waals surface area contributed by atoms with E-state index in [4.69, 9.17) is 4.18 Å². The molecule has 26 heavy (non-hydrogen) atoms. The van der Waals surface area contributed by atoms with Crippen molar-refractivity contribution in [2.24, 2.45) is 0 Å². The molecule has 0 aliphatic rings. The summed E-state index contributed by atoms with van der Waals surface area (Å²) in [4.78, 5) is 0.143. The fraction of sp³-hybridized carbons (Fsp3) is 0.143. The molecular weight excluding hydrogens is 346 g/mol. The first kappa shape index (κ1) is 18.0. The smallest absolute Gasteiger partial charge is 0.339 e. The van der Waals surface area contributed by atoms with Gasteiger partial charge in [0, 0.05) is 17.8 Å². The zero-order valence-electron chi connectivity index (χ0n) is 14.8. The number of benzene rings is 3. The second-order valence-corrected chi connectivity index (χ2v) is 7.67. The second kappa shape index (κ2) is 7.62. The topological polar surface area (TPSA) is 55.4 Å². The lowest BCUT2D eigenvalue weighted by Crippen LogP contribution is -2.12. The number of nitrogens with one attached hydrogen (secondary N) is 1. The molecule has 0 radical (unpaired) electrons. The van der Waals surface area contributed by atoms with Gasteiger partial charge in [0.05, 0.1) is 0 Å². The maximum atomic E-state index is 12.6. The number of hydrogen-bond acceptors (Lipinski definition) is 4. The van der Waals surface area contributed by atoms with Crippen LogP contribution in [0.2, 0.25) is 0 Å². The molecule has 1 N–H and O–H groups in total. The summed E-state index contributed by atoms with van der Waals surface area (Å²) >= 11 is 0. The molecule has 4 nitrogen and oxygen atoms in total. The monoisotopic (exact) mass is 367 g/mol. The largest absolute Gasteiger partial charge is 0.381 e. The Hall–Kier alpha value is -2.79. The van der Waals surface area contributed by atoms with Gasteiger partial charge in [0.2, 0.25) is 0 Å². The van der Waals surface area contributed by atoms with Gasteiger partial charge in [-0.3, -0.25) is 0 Å². The first-order chi connectivity index (χ1) is 12.5. The minimum Gasteiger partial charge on any atom is -0.381 e. The molecule has 0 spiro atoms. The highest BCUT2D eigenvalue weighted by atomic mass is 32.2. The van der Waals surface area contributed by atoms with Crippen molar-refractivity contribution >= 4 is 15.8 Å². The van der Waals surface area contributed by atoms with Crippen LogP contribution in [0, 0.1) is 13.8 Å². The van der Waals surface area contributed by atoms with Crippen LogP contribution in [-0.2, 0) is 16.7 Å². The van der Waals surface area contributed by atoms with Crippen molar-refractivity contribution in [2.45, 2.75) is 25.3 Å². The summed E-state index contributed by atoms with van der Waals surface area (Å²) < 4.78 is 30.5. The normalized spacial score (nSPS) is 11.2. The van der Waals surface area contributed by atoms with Crippen molar-refractivity contribution in [2.75, 3.05) is 5.32 Å². The van der Waals surface area contributed by atoms with Crippen LogP contribution in [0.25, 0.3) is 0 Å². The predicted octanol–water partition coefficient (Wildman–Crippen LogP) is 4.68. The molecular formula is C21H21NO3S. The summed E-state index contributed by atoms with van der Waals surface area (Å²) in [6.07, 6.45) is 0. The zero-order chi connectivity index (χ0) is 18.6. The summed E-state index contributed by atoms with van der Waals surface area (Å²) in [5.41, 5.74) is 3.89. The molecule has 3 aromatic carbocycles. The molecule has 0 atom stereocenters. The van der Waals surface area contributed by atoms with Gasteiger partial charge in [-0.05, 0) is 43.7 Å². The molecule has 5 heteroatoms. The predicted molar refractivity (Wildman–Crippen MR) is 104 cm³/mol. The van der Waals surface area contributed by atoms with E-state index in [9.17, 15) is 8.42 Å². The van der Waals surface area contributed by atoms with Crippen LogP contribution < -0.4 is 9.50 Å². The lowest BCUT2D eigenvalue weighted by Gasteiger charge is -2.14. The van der Waals surface area contributed by atoms with Crippen LogP contribution in [0.3, 0.4) is 0 Å². The van der Waals surface area contributed by atoms with E-state index >= 15 is 0 Å². The first-order valence-electron chi connectivity index (χ1n) is 8.34. The summed E-state index contributed by atoms with van der Waals surface area (Å²) in [6, 6.07) is 21.7. The Bertz CT molecular complexity index is 996. The minimum atomic E-state index is -3.87. The third-order valence-electron chi connectivity index (χ3n) is 4.10. The van der Waals surface area contributed by atoms with Gasteiger partial charge in [-0.2, -0.15) is 8.42 Å². The molecule has 0 aromatic heterocycles. The van der Waals surface area contributed by atoms with Crippen LogP contribution in [0.4, 0.5) is 5.69 Å². The molecule has 0 aliphatic carbocycles. The molecule has 0 saturated carbocycles. The Morgan fingerprint density at radius 1 is 0.846 bits per heavy atom. The van der Waals surface area contributed by atoms with E-state index in [0.29, 0.717) is 12.3 Å². The van der Waals surface area contributed by atoms with Crippen LogP contribution in [0.1, 0.15) is 16.7 Å². The molecule has 0 saturated heterocycles. The molecule has 0 bridgehead atoms. The Balaban J connectivity index is 1.81. The van der Waals surface area contributed by atoms with E-state index in [2.05, 4.69) is 5.32 Å². The average Bonchev–Trinajstić information content (AvgIpc) is 2.62. The van der Waals surface area contributed by atoms with Crippen LogP contribution in [-0.4, -0.2) is 8.42 Å². The number of hydrogen-bond donors (Lipinski definition) is 1. The Morgan fingerprint density at radius 3 is 2.23 bits per heavy atom. The molecule has 0 unspecified atom stereocenters. The SMILES string of the molecule is Cc1ccc(S(=O)(=O)Oc2ccccc2CNc2ccccc2C)cc1. The van der Waals surface area contributed by atoms with Crippen molar-refractivity contribution in [3.8, 4) is 5.75 Å². The Morgan fingerprint density at radius 2 is 1.50 bits per heavy atom. The molecule has 0 aliphatic heterocycles. The third-order valence-corrected chi connectivity index (χ3v) is 5.34. The fourth-order valence-corrected chi connectivity index (χ4v) is 3.53. The van der Waals surface area contributed by atoms with Crippen LogP contribution in [0.15, 0.2) is 77.7 Å². The average molecular weight is 367 g/mol. The lowest BCUT2D eigenvalue weighted by atomic mass is 10.1. The number of para-hydroxylation sites is 2. The van der Waals surface area contributed by atoms with Gasteiger partial charge in [0.15, 0.2) is 0 Å². The quantitative estimate of drug-likeness (QED) is 0.643. The van der Waals surface area contributed by atoms with E-state index < -0.39 is 10.1 Å². The highest BCUT2D eigenvalue weighted by Crippen LogP contribution is 2.24. The van der Waals surface area contributed by atoms with E-state index in [1.165, 1.54) is 0 Å². The van der Waals surface area contributed by atoms with E-state index in [0.717, 1.165) is 22.4 Å². The molecule has 0 amide bonds. The van der Waals surface area contributed by atoms with Crippen molar-refractivity contribution in [1.29, 1.82) is 0 Å². The summed E-state index contributed by atoms with van der Waals surface area (Å²) in [6.45, 7) is 4.39. The molecule has 3 rings (SSSR count). The minimum absolute atomic E-state index is 0.143. The number of aryl methyl sites for hydroxylation is 2. The lowest BCUT2D eigenvalue weighted by molar-refractivity contribution is 0.483. The third kappa shape index (κ3) is 4.24. The Labute approximate surface area is 154 Å². The summed E-state index contributed by atoms with van der Waals surface area (Å²) in [5, 5.41) is 3.33. The highest BCUT2D eigenvalue weighted by Gasteiger charge is 2.18. The first-order valence-corrected chi connectivity index (χ1v) is 9.75.